The van der Waals surface area contributed by atoms with E-state index in [1.165, 1.54) is 18.2 Å². The van der Waals surface area contributed by atoms with Crippen molar-refractivity contribution in [3.05, 3.63) is 29.3 Å². The Hall–Kier alpha value is -1.59. The molecular formula is C9H12N2O3. The topological polar surface area (TPSA) is 110 Å². The molecule has 0 aliphatic carbocycles. The molecule has 0 aliphatic heterocycles. The second-order valence-electron chi connectivity index (χ2n) is 2.93. The number of rotatable bonds is 3. The molecule has 0 aliphatic rings. The first-order valence-electron chi connectivity index (χ1n) is 4.05. The average Bonchev–Trinajstić information content (AvgIpc) is 2.17. The molecule has 0 radical (unpaired) electrons. The SMILES string of the molecule is NC(=O)c1ccc(O)c([C@@H](N)CO)c1. The second-order valence-corrected chi connectivity index (χ2v) is 2.93. The first-order chi connectivity index (χ1) is 6.56. The number of aliphatic hydroxyl groups is 1. The second kappa shape index (κ2) is 4.08. The molecule has 0 aromatic heterocycles. The minimum Gasteiger partial charge on any atom is -0.508 e. The van der Waals surface area contributed by atoms with E-state index in [-0.39, 0.29) is 17.9 Å². The zero-order valence-corrected chi connectivity index (χ0v) is 7.47. The van der Waals surface area contributed by atoms with Crippen LogP contribution in [0.1, 0.15) is 22.0 Å². The number of hydrogen-bond donors (Lipinski definition) is 4. The third-order valence-corrected chi connectivity index (χ3v) is 1.91. The molecule has 1 atom stereocenters. The quantitative estimate of drug-likeness (QED) is 0.521. The monoisotopic (exact) mass is 196 g/mol. The van der Waals surface area contributed by atoms with E-state index >= 15 is 0 Å². The zero-order valence-electron chi connectivity index (χ0n) is 7.47. The summed E-state index contributed by atoms with van der Waals surface area (Å²) in [7, 11) is 0. The Morgan fingerprint density at radius 3 is 2.64 bits per heavy atom. The van der Waals surface area contributed by atoms with Crippen LogP contribution in [0.3, 0.4) is 0 Å². The van der Waals surface area contributed by atoms with Gasteiger partial charge in [0.25, 0.3) is 0 Å². The van der Waals surface area contributed by atoms with Crippen LogP contribution in [0.2, 0.25) is 0 Å². The van der Waals surface area contributed by atoms with E-state index in [1.807, 2.05) is 0 Å². The molecule has 6 N–H and O–H groups in total. The van der Waals surface area contributed by atoms with Gasteiger partial charge in [0.05, 0.1) is 12.6 Å². The average molecular weight is 196 g/mol. The molecule has 5 heteroatoms. The maximum Gasteiger partial charge on any atom is 0.248 e. The number of nitrogens with two attached hydrogens (primary N) is 2. The first kappa shape index (κ1) is 10.5. The van der Waals surface area contributed by atoms with Crippen molar-refractivity contribution in [3.63, 3.8) is 0 Å². The van der Waals surface area contributed by atoms with E-state index in [9.17, 15) is 9.90 Å². The predicted octanol–water partition coefficient (Wildman–Crippen LogP) is -0.517. The molecule has 0 spiro atoms. The third-order valence-electron chi connectivity index (χ3n) is 1.91. The highest BCUT2D eigenvalue weighted by molar-refractivity contribution is 5.93. The predicted molar refractivity (Wildman–Crippen MR) is 50.6 cm³/mol. The molecule has 0 heterocycles. The third kappa shape index (κ3) is 2.01. The number of benzene rings is 1. The summed E-state index contributed by atoms with van der Waals surface area (Å²) >= 11 is 0. The van der Waals surface area contributed by atoms with Gasteiger partial charge in [-0.1, -0.05) is 0 Å². The highest BCUT2D eigenvalue weighted by Crippen LogP contribution is 2.23. The van der Waals surface area contributed by atoms with Gasteiger partial charge in [0.1, 0.15) is 5.75 Å². The molecule has 5 nitrogen and oxygen atoms in total. The summed E-state index contributed by atoms with van der Waals surface area (Å²) in [5.74, 6) is -0.659. The molecule has 0 fully saturated rings. The van der Waals surface area contributed by atoms with Crippen molar-refractivity contribution in [2.45, 2.75) is 6.04 Å². The summed E-state index contributed by atoms with van der Waals surface area (Å²) < 4.78 is 0. The molecular weight excluding hydrogens is 184 g/mol. The van der Waals surface area contributed by atoms with Crippen LogP contribution < -0.4 is 11.5 Å². The summed E-state index contributed by atoms with van der Waals surface area (Å²) in [6.45, 7) is -0.310. The summed E-state index contributed by atoms with van der Waals surface area (Å²) in [4.78, 5) is 10.8. The van der Waals surface area contributed by atoms with Gasteiger partial charge < -0.3 is 21.7 Å². The number of aromatic hydroxyl groups is 1. The fourth-order valence-electron chi connectivity index (χ4n) is 1.10. The van der Waals surface area contributed by atoms with Gasteiger partial charge in [-0.15, -0.1) is 0 Å². The molecule has 1 amide bonds. The van der Waals surface area contributed by atoms with Crippen molar-refractivity contribution in [1.29, 1.82) is 0 Å². The summed E-state index contributed by atoms with van der Waals surface area (Å²) in [6.07, 6.45) is 0. The number of carbonyl (C=O) groups is 1. The van der Waals surface area contributed by atoms with E-state index in [0.29, 0.717) is 5.56 Å². The maximum atomic E-state index is 10.8. The summed E-state index contributed by atoms with van der Waals surface area (Å²) in [6, 6.07) is 3.38. The van der Waals surface area contributed by atoms with Gasteiger partial charge >= 0.3 is 0 Å². The Kier molecular flexibility index (Phi) is 3.06. The van der Waals surface area contributed by atoms with Crippen LogP contribution in [-0.4, -0.2) is 22.7 Å². The van der Waals surface area contributed by atoms with Crippen molar-refractivity contribution >= 4 is 5.91 Å². The molecule has 76 valence electrons. The lowest BCUT2D eigenvalue weighted by Gasteiger charge is -2.11. The van der Waals surface area contributed by atoms with Crippen molar-refractivity contribution in [2.75, 3.05) is 6.61 Å². The number of carbonyl (C=O) groups excluding carboxylic acids is 1. The Morgan fingerprint density at radius 1 is 1.50 bits per heavy atom. The van der Waals surface area contributed by atoms with Gasteiger partial charge in [-0.05, 0) is 18.2 Å². The highest BCUT2D eigenvalue weighted by atomic mass is 16.3. The van der Waals surface area contributed by atoms with E-state index in [1.54, 1.807) is 0 Å². The molecule has 1 rings (SSSR count). The van der Waals surface area contributed by atoms with Crippen LogP contribution in [0.5, 0.6) is 5.75 Å². The first-order valence-corrected chi connectivity index (χ1v) is 4.05. The Bertz CT molecular complexity index is 352. The normalized spacial score (nSPS) is 12.4. The minimum absolute atomic E-state index is 0.0587. The lowest BCUT2D eigenvalue weighted by Crippen LogP contribution is -2.17. The number of phenols is 1. The molecule has 0 saturated heterocycles. The Labute approximate surface area is 81.0 Å². The number of phenolic OH excluding ortho intramolecular Hbond substituents is 1. The largest absolute Gasteiger partial charge is 0.508 e. The van der Waals surface area contributed by atoms with E-state index in [4.69, 9.17) is 16.6 Å². The highest BCUT2D eigenvalue weighted by Gasteiger charge is 2.12. The van der Waals surface area contributed by atoms with Gasteiger partial charge in [0.15, 0.2) is 0 Å². The van der Waals surface area contributed by atoms with Gasteiger partial charge in [-0.3, -0.25) is 4.79 Å². The van der Waals surface area contributed by atoms with Gasteiger partial charge in [0, 0.05) is 11.1 Å². The smallest absolute Gasteiger partial charge is 0.248 e. The number of primary amides is 1. The van der Waals surface area contributed by atoms with Crippen LogP contribution in [0, 0.1) is 0 Å². The Balaban J connectivity index is 3.14. The molecule has 0 saturated carbocycles. The van der Waals surface area contributed by atoms with E-state index < -0.39 is 11.9 Å². The van der Waals surface area contributed by atoms with Crippen molar-refractivity contribution < 1.29 is 15.0 Å². The van der Waals surface area contributed by atoms with Crippen molar-refractivity contribution in [2.24, 2.45) is 11.5 Å². The number of aliphatic hydroxyl groups excluding tert-OH is 1. The summed E-state index contributed by atoms with van der Waals surface area (Å²) in [5, 5.41) is 18.2. The zero-order chi connectivity index (χ0) is 10.7. The van der Waals surface area contributed by atoms with Crippen LogP contribution >= 0.6 is 0 Å². The van der Waals surface area contributed by atoms with Crippen LogP contribution in [-0.2, 0) is 0 Å². The lowest BCUT2D eigenvalue weighted by molar-refractivity contribution is 0.1000. The maximum absolute atomic E-state index is 10.8. The fraction of sp³-hybridized carbons (Fsp3) is 0.222. The van der Waals surface area contributed by atoms with E-state index in [0.717, 1.165) is 0 Å². The molecule has 0 unspecified atom stereocenters. The van der Waals surface area contributed by atoms with Gasteiger partial charge in [-0.25, -0.2) is 0 Å². The molecule has 1 aromatic rings. The molecule has 14 heavy (non-hydrogen) atoms. The summed E-state index contributed by atoms with van der Waals surface area (Å²) in [5.41, 5.74) is 11.1. The van der Waals surface area contributed by atoms with Crippen LogP contribution in [0.4, 0.5) is 0 Å². The molecule has 0 bridgehead atoms. The van der Waals surface area contributed by atoms with Crippen LogP contribution in [0.15, 0.2) is 18.2 Å². The number of hydrogen-bond acceptors (Lipinski definition) is 4. The number of amides is 1. The minimum atomic E-state index is -0.714. The standard InChI is InChI=1S/C9H12N2O3/c10-7(4-12)6-3-5(9(11)14)1-2-8(6)13/h1-3,7,12-13H,4,10H2,(H2,11,14)/t7-/m0/s1. The fourth-order valence-corrected chi connectivity index (χ4v) is 1.10. The molecule has 1 aromatic carbocycles. The van der Waals surface area contributed by atoms with Crippen LogP contribution in [0.25, 0.3) is 0 Å². The Morgan fingerprint density at radius 2 is 2.14 bits per heavy atom. The van der Waals surface area contributed by atoms with Gasteiger partial charge in [0.2, 0.25) is 5.91 Å². The van der Waals surface area contributed by atoms with E-state index in [2.05, 4.69) is 0 Å². The van der Waals surface area contributed by atoms with Gasteiger partial charge in [-0.2, -0.15) is 0 Å². The van der Waals surface area contributed by atoms with Crippen molar-refractivity contribution in [3.8, 4) is 5.75 Å². The van der Waals surface area contributed by atoms with Crippen molar-refractivity contribution in [1.82, 2.24) is 0 Å². The lowest BCUT2D eigenvalue weighted by atomic mass is 10.0.